The van der Waals surface area contributed by atoms with Crippen molar-refractivity contribution in [3.8, 4) is 17.1 Å². The summed E-state index contributed by atoms with van der Waals surface area (Å²) in [6.45, 7) is 0. The normalized spacial score (nSPS) is 12.1. The van der Waals surface area contributed by atoms with Gasteiger partial charge in [-0.2, -0.15) is 0 Å². The van der Waals surface area contributed by atoms with Gasteiger partial charge in [-0.05, 0) is 57.9 Å². The minimum atomic E-state index is 0.839. The van der Waals surface area contributed by atoms with Crippen LogP contribution in [-0.2, 0) is 0 Å². The van der Waals surface area contributed by atoms with Crippen LogP contribution in [0.1, 0.15) is 0 Å². The van der Waals surface area contributed by atoms with Crippen LogP contribution < -0.4 is 0 Å². The van der Waals surface area contributed by atoms with Gasteiger partial charge in [-0.15, -0.1) is 11.3 Å². The van der Waals surface area contributed by atoms with E-state index in [-0.39, 0.29) is 0 Å². The van der Waals surface area contributed by atoms with Crippen molar-refractivity contribution in [2.45, 2.75) is 0 Å². The molecule has 44 heavy (non-hydrogen) atoms. The summed E-state index contributed by atoms with van der Waals surface area (Å²) in [5.74, 6) is 0.839. The van der Waals surface area contributed by atoms with Gasteiger partial charge in [-0.1, -0.05) is 103 Å². The number of benzene rings is 7. The molecule has 0 N–H and O–H groups in total. The van der Waals surface area contributed by atoms with Crippen molar-refractivity contribution in [3.63, 3.8) is 0 Å². The minimum absolute atomic E-state index is 0.839. The number of nitrogens with zero attached hydrogens (tertiary/aromatic N) is 3. The lowest BCUT2D eigenvalue weighted by molar-refractivity contribution is 1.08. The van der Waals surface area contributed by atoms with E-state index in [1.165, 1.54) is 52.5 Å². The lowest BCUT2D eigenvalue weighted by Crippen LogP contribution is -2.03. The van der Waals surface area contributed by atoms with Gasteiger partial charge >= 0.3 is 0 Å². The summed E-state index contributed by atoms with van der Waals surface area (Å²) in [4.78, 5) is 10.6. The maximum absolute atomic E-state index is 5.34. The Bertz CT molecular complexity index is 2770. The first-order valence-electron chi connectivity index (χ1n) is 14.8. The van der Waals surface area contributed by atoms with E-state index in [1.807, 2.05) is 35.6 Å². The quantitative estimate of drug-likeness (QED) is 0.205. The molecule has 0 bridgehead atoms. The molecule has 7 aromatic carbocycles. The number of fused-ring (bicyclic) bond motifs is 12. The van der Waals surface area contributed by atoms with Crippen molar-refractivity contribution in [1.82, 2.24) is 14.5 Å². The lowest BCUT2D eigenvalue weighted by atomic mass is 9.97. The molecule has 0 aliphatic rings. The van der Waals surface area contributed by atoms with E-state index in [0.717, 1.165) is 39.1 Å². The van der Waals surface area contributed by atoms with Crippen LogP contribution in [0.25, 0.3) is 91.6 Å². The van der Waals surface area contributed by atoms with Crippen LogP contribution in [-0.4, -0.2) is 14.5 Å². The third-order valence-electron chi connectivity index (χ3n) is 8.97. The SMILES string of the molecule is c1ccc(-c2nc3ccccc3nc2-n2c3ccc4ccccc4c3c3c4ccc5sc6ccccc6c5c4ccc32)cc1. The monoisotopic (exact) mass is 577 g/mol. The fraction of sp³-hybridized carbons (Fsp3) is 0. The van der Waals surface area contributed by atoms with Crippen LogP contribution >= 0.6 is 11.3 Å². The van der Waals surface area contributed by atoms with Gasteiger partial charge in [0.25, 0.3) is 0 Å². The highest BCUT2D eigenvalue weighted by molar-refractivity contribution is 7.26. The molecular formula is C40H23N3S. The summed E-state index contributed by atoms with van der Waals surface area (Å²) in [7, 11) is 0. The van der Waals surface area contributed by atoms with Gasteiger partial charge < -0.3 is 0 Å². The number of thiophene rings is 1. The molecule has 0 spiro atoms. The van der Waals surface area contributed by atoms with Gasteiger partial charge in [-0.3, -0.25) is 4.57 Å². The Balaban J connectivity index is 1.44. The number of para-hydroxylation sites is 2. The van der Waals surface area contributed by atoms with E-state index in [9.17, 15) is 0 Å². The van der Waals surface area contributed by atoms with Gasteiger partial charge in [0.1, 0.15) is 5.69 Å². The fourth-order valence-corrected chi connectivity index (χ4v) is 8.19. The molecule has 4 heteroatoms. The predicted octanol–water partition coefficient (Wildman–Crippen LogP) is 11.1. The van der Waals surface area contributed by atoms with Crippen molar-refractivity contribution in [1.29, 1.82) is 0 Å². The van der Waals surface area contributed by atoms with Gasteiger partial charge in [0.2, 0.25) is 0 Å². The smallest absolute Gasteiger partial charge is 0.165 e. The van der Waals surface area contributed by atoms with Crippen LogP contribution in [0.4, 0.5) is 0 Å². The molecule has 3 heterocycles. The molecular weight excluding hydrogens is 555 g/mol. The molecule has 0 unspecified atom stereocenters. The van der Waals surface area contributed by atoms with Gasteiger partial charge in [0.05, 0.1) is 22.1 Å². The number of hydrogen-bond donors (Lipinski definition) is 0. The Labute approximate surface area is 256 Å². The third-order valence-corrected chi connectivity index (χ3v) is 10.1. The first-order chi connectivity index (χ1) is 21.8. The molecule has 0 atom stereocenters. The zero-order valence-electron chi connectivity index (χ0n) is 23.5. The highest BCUT2D eigenvalue weighted by Gasteiger charge is 2.22. The second-order valence-corrected chi connectivity index (χ2v) is 12.4. The van der Waals surface area contributed by atoms with Crippen LogP contribution in [0.3, 0.4) is 0 Å². The molecule has 3 aromatic heterocycles. The van der Waals surface area contributed by atoms with Crippen molar-refractivity contribution < 1.29 is 0 Å². The Morgan fingerprint density at radius 1 is 0.432 bits per heavy atom. The fourth-order valence-electron chi connectivity index (χ4n) is 7.07. The molecule has 0 amide bonds. The number of aromatic nitrogens is 3. The maximum Gasteiger partial charge on any atom is 0.165 e. The molecule has 10 aromatic rings. The van der Waals surface area contributed by atoms with E-state index in [2.05, 4.69) is 120 Å². The second-order valence-electron chi connectivity index (χ2n) is 11.4. The first-order valence-corrected chi connectivity index (χ1v) is 15.7. The third kappa shape index (κ3) is 3.26. The van der Waals surface area contributed by atoms with Crippen molar-refractivity contribution in [2.75, 3.05) is 0 Å². The molecule has 0 aliphatic heterocycles. The summed E-state index contributed by atoms with van der Waals surface area (Å²) >= 11 is 1.87. The Hall–Kier alpha value is -5.58. The van der Waals surface area contributed by atoms with Gasteiger partial charge in [0.15, 0.2) is 5.82 Å². The molecule has 0 aliphatic carbocycles. The molecule has 204 valence electrons. The van der Waals surface area contributed by atoms with Crippen LogP contribution in [0.2, 0.25) is 0 Å². The van der Waals surface area contributed by atoms with E-state index in [4.69, 9.17) is 9.97 Å². The zero-order valence-corrected chi connectivity index (χ0v) is 24.3. The molecule has 10 rings (SSSR count). The molecule has 0 radical (unpaired) electrons. The van der Waals surface area contributed by atoms with Gasteiger partial charge in [-0.25, -0.2) is 9.97 Å². The molecule has 0 fully saturated rings. The molecule has 0 saturated heterocycles. The van der Waals surface area contributed by atoms with Crippen LogP contribution in [0.5, 0.6) is 0 Å². The van der Waals surface area contributed by atoms with Gasteiger partial charge in [0, 0.05) is 36.5 Å². The number of hydrogen-bond acceptors (Lipinski definition) is 3. The van der Waals surface area contributed by atoms with E-state index in [0.29, 0.717) is 0 Å². The standard InChI is InChI=1S/C40H23N3S/c1-2-11-25(12-3-1)39-40(42-31-16-8-7-15-30(31)41-39)43-32-21-18-24-10-4-5-13-26(24)37(32)38-28-20-23-35-36(27(28)19-22-33(38)43)29-14-6-9-17-34(29)44-35/h1-23H. The average molecular weight is 578 g/mol. The summed E-state index contributed by atoms with van der Waals surface area (Å²) in [6, 6.07) is 49.8. The maximum atomic E-state index is 5.34. The van der Waals surface area contributed by atoms with Crippen LogP contribution in [0.15, 0.2) is 140 Å². The minimum Gasteiger partial charge on any atom is -0.292 e. The summed E-state index contributed by atoms with van der Waals surface area (Å²) in [6.07, 6.45) is 0. The molecule has 3 nitrogen and oxygen atoms in total. The largest absolute Gasteiger partial charge is 0.292 e. The summed E-state index contributed by atoms with van der Waals surface area (Å²) in [5, 5.41) is 10.2. The number of rotatable bonds is 2. The van der Waals surface area contributed by atoms with E-state index >= 15 is 0 Å². The first kappa shape index (κ1) is 23.9. The molecule has 0 saturated carbocycles. The Morgan fingerprint density at radius 3 is 1.93 bits per heavy atom. The summed E-state index contributed by atoms with van der Waals surface area (Å²) in [5.41, 5.74) is 5.94. The Kier molecular flexibility index (Phi) is 4.87. The highest BCUT2D eigenvalue weighted by atomic mass is 32.1. The average Bonchev–Trinajstić information content (AvgIpc) is 3.64. The van der Waals surface area contributed by atoms with E-state index in [1.54, 1.807) is 0 Å². The van der Waals surface area contributed by atoms with Crippen molar-refractivity contribution >= 4 is 85.9 Å². The van der Waals surface area contributed by atoms with Crippen molar-refractivity contribution in [3.05, 3.63) is 140 Å². The van der Waals surface area contributed by atoms with Crippen LogP contribution in [0, 0.1) is 0 Å². The highest BCUT2D eigenvalue weighted by Crippen LogP contribution is 2.45. The topological polar surface area (TPSA) is 30.7 Å². The van der Waals surface area contributed by atoms with E-state index < -0.39 is 0 Å². The summed E-state index contributed by atoms with van der Waals surface area (Å²) < 4.78 is 4.98. The predicted molar refractivity (Wildman–Crippen MR) is 187 cm³/mol. The van der Waals surface area contributed by atoms with Crippen molar-refractivity contribution in [2.24, 2.45) is 0 Å². The zero-order chi connectivity index (χ0) is 28.8. The Morgan fingerprint density at radius 2 is 1.07 bits per heavy atom. The second kappa shape index (κ2) is 8.96. The lowest BCUT2D eigenvalue weighted by Gasteiger charge is -2.14.